The molecule has 0 aromatic rings. The zero-order valence-electron chi connectivity index (χ0n) is 9.00. The lowest BCUT2D eigenvalue weighted by atomic mass is 10.3. The Kier molecular flexibility index (Phi) is 5.57. The largest absolute Gasteiger partial charge is 0.393 e. The van der Waals surface area contributed by atoms with Crippen LogP contribution in [-0.2, 0) is 4.79 Å². The van der Waals surface area contributed by atoms with Gasteiger partial charge in [-0.3, -0.25) is 4.79 Å². The third-order valence-corrected chi connectivity index (χ3v) is 2.65. The van der Waals surface area contributed by atoms with E-state index in [-0.39, 0.29) is 17.3 Å². The average Bonchev–Trinajstić information content (AvgIpc) is 2.63. The molecular weight excluding hydrogens is 210 g/mol. The van der Waals surface area contributed by atoms with Gasteiger partial charge in [-0.2, -0.15) is 0 Å². The van der Waals surface area contributed by atoms with Crippen LogP contribution in [-0.4, -0.2) is 42.0 Å². The molecule has 86 valence electrons. The highest BCUT2D eigenvalue weighted by Crippen LogP contribution is 2.06. The van der Waals surface area contributed by atoms with E-state index in [0.717, 1.165) is 19.5 Å². The van der Waals surface area contributed by atoms with E-state index in [0.29, 0.717) is 0 Å². The first kappa shape index (κ1) is 12.4. The molecule has 1 aliphatic rings. The highest BCUT2D eigenvalue weighted by atomic mass is 32.1. The summed E-state index contributed by atoms with van der Waals surface area (Å²) >= 11 is 4.65. The Labute approximate surface area is 96.2 Å². The first-order valence-corrected chi connectivity index (χ1v) is 5.86. The molecule has 0 aliphatic carbocycles. The van der Waals surface area contributed by atoms with E-state index in [1.165, 1.54) is 25.9 Å². The number of likely N-dealkylation sites (tertiary alicyclic amines) is 1. The predicted octanol–water partition coefficient (Wildman–Crippen LogP) is 0.265. The fraction of sp³-hybridized carbons (Fsp3) is 0.800. The Hall–Kier alpha value is -0.680. The molecule has 0 radical (unpaired) electrons. The van der Waals surface area contributed by atoms with E-state index in [2.05, 4.69) is 22.4 Å². The minimum atomic E-state index is -0.0658. The van der Waals surface area contributed by atoms with Gasteiger partial charge in [0.25, 0.3) is 0 Å². The van der Waals surface area contributed by atoms with Gasteiger partial charge in [0, 0.05) is 6.54 Å². The normalized spacial score (nSPS) is 16.5. The second-order valence-corrected chi connectivity index (χ2v) is 4.42. The van der Waals surface area contributed by atoms with Crippen LogP contribution < -0.4 is 11.1 Å². The molecule has 0 saturated carbocycles. The van der Waals surface area contributed by atoms with Crippen LogP contribution in [0.3, 0.4) is 0 Å². The molecule has 1 aliphatic heterocycles. The molecule has 5 heteroatoms. The van der Waals surface area contributed by atoms with Gasteiger partial charge in [0.2, 0.25) is 5.91 Å². The number of hydrogen-bond acceptors (Lipinski definition) is 3. The molecule has 1 fully saturated rings. The highest BCUT2D eigenvalue weighted by molar-refractivity contribution is 7.80. The van der Waals surface area contributed by atoms with Gasteiger partial charge in [0.1, 0.15) is 0 Å². The predicted molar refractivity (Wildman–Crippen MR) is 64.7 cm³/mol. The summed E-state index contributed by atoms with van der Waals surface area (Å²) in [5, 5.41) is 2.80. The molecule has 1 heterocycles. The van der Waals surface area contributed by atoms with Gasteiger partial charge in [0.05, 0.1) is 11.4 Å². The van der Waals surface area contributed by atoms with Gasteiger partial charge in [-0.05, 0) is 38.9 Å². The van der Waals surface area contributed by atoms with Crippen molar-refractivity contribution in [2.75, 3.05) is 26.2 Å². The van der Waals surface area contributed by atoms with Crippen LogP contribution in [0.4, 0.5) is 0 Å². The average molecular weight is 229 g/mol. The van der Waals surface area contributed by atoms with Crippen LogP contribution in [0.5, 0.6) is 0 Å². The van der Waals surface area contributed by atoms with Gasteiger partial charge in [0.15, 0.2) is 0 Å². The van der Waals surface area contributed by atoms with E-state index in [4.69, 9.17) is 5.73 Å². The van der Waals surface area contributed by atoms with Crippen molar-refractivity contribution < 1.29 is 4.79 Å². The molecule has 1 saturated heterocycles. The van der Waals surface area contributed by atoms with Gasteiger partial charge in [-0.25, -0.2) is 0 Å². The second kappa shape index (κ2) is 6.74. The molecule has 0 aromatic carbocycles. The number of hydrogen-bond donors (Lipinski definition) is 2. The summed E-state index contributed by atoms with van der Waals surface area (Å²) in [6, 6.07) is 0. The maximum atomic E-state index is 11.2. The number of carbonyl (C=O) groups is 1. The summed E-state index contributed by atoms with van der Waals surface area (Å²) in [6.07, 6.45) is 3.80. The molecule has 3 N–H and O–H groups in total. The van der Waals surface area contributed by atoms with Crippen LogP contribution >= 0.6 is 12.2 Å². The van der Waals surface area contributed by atoms with E-state index in [1.807, 2.05) is 0 Å². The zero-order valence-corrected chi connectivity index (χ0v) is 9.81. The monoisotopic (exact) mass is 229 g/mol. The zero-order chi connectivity index (χ0) is 11.1. The Bertz CT molecular complexity index is 227. The lowest BCUT2D eigenvalue weighted by molar-refractivity contribution is -0.119. The van der Waals surface area contributed by atoms with Crippen molar-refractivity contribution in [2.24, 2.45) is 5.73 Å². The fourth-order valence-electron chi connectivity index (χ4n) is 1.76. The van der Waals surface area contributed by atoms with Crippen molar-refractivity contribution in [3.63, 3.8) is 0 Å². The van der Waals surface area contributed by atoms with E-state index < -0.39 is 0 Å². The maximum Gasteiger partial charge on any atom is 0.226 e. The molecule has 0 aromatic heterocycles. The lowest BCUT2D eigenvalue weighted by Gasteiger charge is -2.14. The molecule has 1 amide bonds. The minimum absolute atomic E-state index is 0.0658. The van der Waals surface area contributed by atoms with Crippen molar-refractivity contribution in [3.8, 4) is 0 Å². The van der Waals surface area contributed by atoms with Crippen LogP contribution in [0.25, 0.3) is 0 Å². The third kappa shape index (κ3) is 5.69. The van der Waals surface area contributed by atoms with Crippen molar-refractivity contribution in [3.05, 3.63) is 0 Å². The first-order chi connectivity index (χ1) is 7.18. The molecule has 0 unspecified atom stereocenters. The molecule has 0 bridgehead atoms. The molecular formula is C10H19N3OS. The molecule has 4 nitrogen and oxygen atoms in total. The quantitative estimate of drug-likeness (QED) is 0.507. The highest BCUT2D eigenvalue weighted by Gasteiger charge is 2.10. The number of nitrogens with zero attached hydrogens (tertiary/aromatic N) is 1. The topological polar surface area (TPSA) is 58.4 Å². The van der Waals surface area contributed by atoms with Crippen molar-refractivity contribution in [1.29, 1.82) is 0 Å². The van der Waals surface area contributed by atoms with Crippen LogP contribution in [0.15, 0.2) is 0 Å². The number of carbonyl (C=O) groups excluding carboxylic acids is 1. The number of rotatable bonds is 6. The van der Waals surface area contributed by atoms with Crippen LogP contribution in [0.2, 0.25) is 0 Å². The summed E-state index contributed by atoms with van der Waals surface area (Å²) in [4.78, 5) is 13.8. The Morgan fingerprint density at radius 3 is 2.67 bits per heavy atom. The number of nitrogens with one attached hydrogen (secondary N) is 1. The van der Waals surface area contributed by atoms with E-state index in [1.54, 1.807) is 0 Å². The fourth-order valence-corrected chi connectivity index (χ4v) is 1.89. The van der Waals surface area contributed by atoms with Gasteiger partial charge in [-0.1, -0.05) is 12.2 Å². The Morgan fingerprint density at radius 1 is 1.40 bits per heavy atom. The molecule has 0 spiro atoms. The summed E-state index contributed by atoms with van der Waals surface area (Å²) in [7, 11) is 0. The smallest absolute Gasteiger partial charge is 0.226 e. The number of thiocarbonyl (C=S) groups is 1. The lowest BCUT2D eigenvalue weighted by Crippen LogP contribution is -2.30. The number of nitrogens with two attached hydrogens (primary N) is 1. The minimum Gasteiger partial charge on any atom is -0.393 e. The Balaban J connectivity index is 1.96. The third-order valence-electron chi connectivity index (χ3n) is 2.51. The van der Waals surface area contributed by atoms with Crippen LogP contribution in [0, 0.1) is 0 Å². The Morgan fingerprint density at radius 2 is 2.07 bits per heavy atom. The van der Waals surface area contributed by atoms with Gasteiger partial charge >= 0.3 is 0 Å². The van der Waals surface area contributed by atoms with Crippen molar-refractivity contribution >= 4 is 23.1 Å². The second-order valence-electron chi connectivity index (χ2n) is 3.90. The summed E-state index contributed by atoms with van der Waals surface area (Å²) < 4.78 is 0. The van der Waals surface area contributed by atoms with Gasteiger partial charge < -0.3 is 16.0 Å². The summed E-state index contributed by atoms with van der Waals surface area (Å²) in [5.41, 5.74) is 5.26. The van der Waals surface area contributed by atoms with Crippen molar-refractivity contribution in [1.82, 2.24) is 10.2 Å². The molecule has 0 atom stereocenters. The van der Waals surface area contributed by atoms with E-state index >= 15 is 0 Å². The summed E-state index contributed by atoms with van der Waals surface area (Å²) in [5.74, 6) is -0.0658. The van der Waals surface area contributed by atoms with Crippen LogP contribution in [0.1, 0.15) is 25.7 Å². The van der Waals surface area contributed by atoms with Gasteiger partial charge in [-0.15, -0.1) is 0 Å². The standard InChI is InChI=1S/C10H19N3OS/c11-9(15)8-10(14)12-4-3-7-13-5-1-2-6-13/h1-8H2,(H2,11,15)(H,12,14). The molecule has 15 heavy (non-hydrogen) atoms. The number of amides is 1. The summed E-state index contributed by atoms with van der Waals surface area (Å²) in [6.45, 7) is 4.22. The van der Waals surface area contributed by atoms with E-state index in [9.17, 15) is 4.79 Å². The van der Waals surface area contributed by atoms with Crippen molar-refractivity contribution in [2.45, 2.75) is 25.7 Å². The SMILES string of the molecule is NC(=S)CC(=O)NCCCN1CCCC1. The first-order valence-electron chi connectivity index (χ1n) is 5.46. The molecule has 1 rings (SSSR count). The maximum absolute atomic E-state index is 11.2.